The second-order valence-corrected chi connectivity index (χ2v) is 3.65. The van der Waals surface area contributed by atoms with Crippen molar-refractivity contribution in [1.82, 2.24) is 4.98 Å². The molecule has 0 aliphatic carbocycles. The van der Waals surface area contributed by atoms with E-state index in [0.717, 1.165) is 10.9 Å². The highest BCUT2D eigenvalue weighted by atomic mass is 32.1. The highest BCUT2D eigenvalue weighted by Gasteiger charge is 2.09. The van der Waals surface area contributed by atoms with Crippen molar-refractivity contribution in [1.29, 1.82) is 0 Å². The summed E-state index contributed by atoms with van der Waals surface area (Å²) in [4.78, 5) is 3.13. The minimum Gasteiger partial charge on any atom is -0.318 e. The number of nitrogens with two attached hydrogens (primary N) is 1. The molecule has 0 aliphatic rings. The molecule has 2 rings (SSSR count). The number of hydrogen-bond donors (Lipinski definition) is 2. The Morgan fingerprint density at radius 1 is 1.47 bits per heavy atom. The van der Waals surface area contributed by atoms with Gasteiger partial charge in [-0.1, -0.05) is 24.8 Å². The molecule has 1 aromatic carbocycles. The van der Waals surface area contributed by atoms with Crippen LogP contribution in [-0.4, -0.2) is 4.98 Å². The van der Waals surface area contributed by atoms with Gasteiger partial charge in [0.1, 0.15) is 5.52 Å². The Morgan fingerprint density at radius 3 is 2.93 bits per heavy atom. The Balaban J connectivity index is 2.83. The third-order valence-electron chi connectivity index (χ3n) is 2.29. The van der Waals surface area contributed by atoms with E-state index in [1.165, 1.54) is 0 Å². The highest BCUT2D eigenvalue weighted by Crippen LogP contribution is 2.14. The van der Waals surface area contributed by atoms with Gasteiger partial charge in [-0.25, -0.2) is 4.57 Å². The molecule has 0 unspecified atom stereocenters. The van der Waals surface area contributed by atoms with E-state index in [4.69, 9.17) is 18.0 Å². The third kappa shape index (κ3) is 1.64. The molecular weight excluding hydrogens is 206 g/mol. The second kappa shape index (κ2) is 3.82. The predicted octanol–water partition coefficient (Wildman–Crippen LogP) is 1.95. The first-order chi connectivity index (χ1) is 7.24. The van der Waals surface area contributed by atoms with Crippen LogP contribution in [-0.2, 0) is 6.54 Å². The van der Waals surface area contributed by atoms with Gasteiger partial charge in [0.15, 0.2) is 0 Å². The van der Waals surface area contributed by atoms with E-state index in [1.54, 1.807) is 6.08 Å². The molecule has 0 aliphatic heterocycles. The number of rotatable bonds is 2. The van der Waals surface area contributed by atoms with Crippen LogP contribution < -0.4 is 10.3 Å². The van der Waals surface area contributed by atoms with Crippen LogP contribution in [0.3, 0.4) is 0 Å². The summed E-state index contributed by atoms with van der Waals surface area (Å²) in [7, 11) is 0. The molecule has 0 saturated heterocycles. The van der Waals surface area contributed by atoms with Crippen LogP contribution in [0.4, 0.5) is 5.82 Å². The van der Waals surface area contributed by atoms with Gasteiger partial charge in [-0.3, -0.25) is 4.98 Å². The van der Waals surface area contributed by atoms with Crippen LogP contribution in [0.2, 0.25) is 0 Å². The fourth-order valence-corrected chi connectivity index (χ4v) is 1.85. The number of hydrogen-bond acceptors (Lipinski definition) is 2. The molecule has 0 fully saturated rings. The molecule has 0 saturated carbocycles. The lowest BCUT2D eigenvalue weighted by Crippen LogP contribution is -2.38. The number of fused-ring (bicyclic) bond motifs is 1. The molecule has 0 bridgehead atoms. The Bertz CT molecular complexity index is 572. The molecule has 3 nitrogen and oxygen atoms in total. The Kier molecular flexibility index (Phi) is 2.51. The maximum atomic E-state index is 6.03. The Hall–Kier alpha value is -1.68. The number of benzene rings is 1. The topological polar surface area (TPSA) is 45.7 Å². The number of anilines is 1. The van der Waals surface area contributed by atoms with Crippen LogP contribution in [0.15, 0.2) is 36.9 Å². The summed E-state index contributed by atoms with van der Waals surface area (Å²) in [6.07, 6.45) is 1.77. The van der Waals surface area contributed by atoms with Gasteiger partial charge >= 0.3 is 0 Å². The molecule has 0 radical (unpaired) electrons. The number of para-hydroxylation sites is 1. The lowest BCUT2D eigenvalue weighted by Gasteiger charge is -2.04. The molecule has 15 heavy (non-hydrogen) atoms. The zero-order chi connectivity index (χ0) is 10.8. The van der Waals surface area contributed by atoms with Crippen molar-refractivity contribution < 1.29 is 4.57 Å². The van der Waals surface area contributed by atoms with Crippen molar-refractivity contribution in [2.75, 3.05) is 5.73 Å². The molecule has 2 aromatic rings. The number of nitrogens with zero attached hydrogens (tertiary/aromatic N) is 1. The molecule has 0 spiro atoms. The SMILES string of the molecule is C=CC[n+]1c(N)c2ccccc2[nH]c1=S. The van der Waals surface area contributed by atoms with Crippen LogP contribution in [0.5, 0.6) is 0 Å². The quantitative estimate of drug-likeness (QED) is 0.460. The normalized spacial score (nSPS) is 10.4. The summed E-state index contributed by atoms with van der Waals surface area (Å²) in [6.45, 7) is 4.30. The Labute approximate surface area is 92.9 Å². The summed E-state index contributed by atoms with van der Waals surface area (Å²) in [5, 5.41) is 0.980. The largest absolute Gasteiger partial charge is 0.318 e. The van der Waals surface area contributed by atoms with Crippen molar-refractivity contribution in [2.24, 2.45) is 0 Å². The minimum absolute atomic E-state index is 0.617. The summed E-state index contributed by atoms with van der Waals surface area (Å²) < 4.78 is 2.44. The lowest BCUT2D eigenvalue weighted by molar-refractivity contribution is -0.681. The Morgan fingerprint density at radius 2 is 2.20 bits per heavy atom. The van der Waals surface area contributed by atoms with Crippen molar-refractivity contribution in [2.45, 2.75) is 6.54 Å². The van der Waals surface area contributed by atoms with Gasteiger partial charge in [0.2, 0.25) is 5.82 Å². The molecule has 0 amide bonds. The number of aromatic amines is 1. The number of nitrogen functional groups attached to an aromatic ring is 1. The fourth-order valence-electron chi connectivity index (χ4n) is 1.56. The number of aromatic nitrogens is 2. The summed E-state index contributed by atoms with van der Waals surface area (Å²) in [5.74, 6) is 0.675. The van der Waals surface area contributed by atoms with E-state index in [1.807, 2.05) is 28.8 Å². The van der Waals surface area contributed by atoms with Crippen molar-refractivity contribution in [3.63, 3.8) is 0 Å². The van der Waals surface area contributed by atoms with Gasteiger partial charge in [-0.05, 0) is 24.4 Å². The van der Waals surface area contributed by atoms with Gasteiger partial charge < -0.3 is 5.73 Å². The molecule has 0 atom stereocenters. The number of allylic oxidation sites excluding steroid dienone is 1. The maximum absolute atomic E-state index is 6.03. The first kappa shape index (κ1) is 9.86. The van der Waals surface area contributed by atoms with Crippen molar-refractivity contribution in [3.8, 4) is 0 Å². The standard InChI is InChI=1S/C11H11N3S/c1-2-7-14-10(12)8-5-3-4-6-9(8)13-11(14)15/h2-6H,1,7H2,(H2,12,13,15)/p+1. The van der Waals surface area contributed by atoms with Gasteiger partial charge in [0, 0.05) is 0 Å². The first-order valence-electron chi connectivity index (χ1n) is 4.65. The van der Waals surface area contributed by atoms with Gasteiger partial charge in [-0.2, -0.15) is 0 Å². The van der Waals surface area contributed by atoms with Crippen molar-refractivity contribution >= 4 is 28.9 Å². The van der Waals surface area contributed by atoms with Crippen LogP contribution in [0, 0.1) is 4.77 Å². The smallest absolute Gasteiger partial charge is 0.295 e. The third-order valence-corrected chi connectivity index (χ3v) is 2.61. The molecule has 4 heteroatoms. The zero-order valence-electron chi connectivity index (χ0n) is 8.23. The van der Waals surface area contributed by atoms with Crippen molar-refractivity contribution in [3.05, 3.63) is 41.7 Å². The molecule has 3 N–H and O–H groups in total. The maximum Gasteiger partial charge on any atom is 0.295 e. The zero-order valence-corrected chi connectivity index (χ0v) is 9.05. The molecule has 76 valence electrons. The van der Waals surface area contributed by atoms with E-state index in [2.05, 4.69) is 11.6 Å². The summed E-state index contributed by atoms with van der Waals surface area (Å²) in [6, 6.07) is 7.83. The van der Waals surface area contributed by atoms with Crippen LogP contribution in [0.25, 0.3) is 10.9 Å². The van der Waals surface area contributed by atoms with E-state index < -0.39 is 0 Å². The summed E-state index contributed by atoms with van der Waals surface area (Å²) >= 11 is 5.21. The lowest BCUT2D eigenvalue weighted by atomic mass is 10.2. The fraction of sp³-hybridized carbons (Fsp3) is 0.0909. The van der Waals surface area contributed by atoms with E-state index in [-0.39, 0.29) is 0 Å². The van der Waals surface area contributed by atoms with Crippen LogP contribution in [0.1, 0.15) is 0 Å². The average molecular weight is 218 g/mol. The van der Waals surface area contributed by atoms with Crippen LogP contribution >= 0.6 is 12.2 Å². The first-order valence-corrected chi connectivity index (χ1v) is 5.06. The monoisotopic (exact) mass is 218 g/mol. The van der Waals surface area contributed by atoms with Gasteiger partial charge in [0.25, 0.3) is 4.77 Å². The molecular formula is C11H12N3S+. The molecule has 1 heterocycles. The summed E-state index contributed by atoms with van der Waals surface area (Å²) in [5.41, 5.74) is 6.99. The highest BCUT2D eigenvalue weighted by molar-refractivity contribution is 7.71. The molecule has 1 aromatic heterocycles. The minimum atomic E-state index is 0.617. The van der Waals surface area contributed by atoms with E-state index in [9.17, 15) is 0 Å². The number of nitrogens with one attached hydrogen (secondary N) is 1. The predicted molar refractivity (Wildman–Crippen MR) is 63.9 cm³/mol. The van der Waals surface area contributed by atoms with E-state index >= 15 is 0 Å². The van der Waals surface area contributed by atoms with Gasteiger partial charge in [-0.15, -0.1) is 0 Å². The average Bonchev–Trinajstić information content (AvgIpc) is 2.24. The second-order valence-electron chi connectivity index (χ2n) is 3.26. The van der Waals surface area contributed by atoms with E-state index in [0.29, 0.717) is 17.1 Å². The number of H-pyrrole nitrogens is 1. The van der Waals surface area contributed by atoms with Gasteiger partial charge in [0.05, 0.1) is 11.9 Å².